The zero-order valence-corrected chi connectivity index (χ0v) is 14.2. The van der Waals surface area contributed by atoms with Gasteiger partial charge in [0.25, 0.3) is 0 Å². The van der Waals surface area contributed by atoms with Crippen LogP contribution in [0.5, 0.6) is 0 Å². The van der Waals surface area contributed by atoms with Crippen molar-refractivity contribution in [1.29, 1.82) is 0 Å². The Morgan fingerprint density at radius 1 is 0.909 bits per heavy atom. The Hall–Kier alpha value is -1.34. The Morgan fingerprint density at radius 3 is 2.14 bits per heavy atom. The SMILES string of the molecule is CCC#CCN1CCN(C(=O)CCCCCCC(C)=O)CC1. The molecule has 0 saturated carbocycles. The number of rotatable bonds is 8. The quantitative estimate of drug-likeness (QED) is 0.511. The molecule has 1 amide bonds. The minimum absolute atomic E-state index is 0.262. The molecule has 0 unspecified atom stereocenters. The molecule has 0 N–H and O–H groups in total. The molecular formula is C18H30N2O2. The van der Waals surface area contributed by atoms with Crippen molar-refractivity contribution in [3.63, 3.8) is 0 Å². The summed E-state index contributed by atoms with van der Waals surface area (Å²) in [7, 11) is 0. The fourth-order valence-corrected chi connectivity index (χ4v) is 2.61. The molecule has 4 heteroatoms. The number of nitrogens with zero attached hydrogens (tertiary/aromatic N) is 2. The maximum Gasteiger partial charge on any atom is 0.222 e. The summed E-state index contributed by atoms with van der Waals surface area (Å²) in [6.07, 6.45) is 6.24. The number of carbonyl (C=O) groups is 2. The van der Waals surface area contributed by atoms with E-state index in [1.54, 1.807) is 6.92 Å². The molecular weight excluding hydrogens is 276 g/mol. The van der Waals surface area contributed by atoms with E-state index in [0.717, 1.165) is 64.8 Å². The summed E-state index contributed by atoms with van der Waals surface area (Å²) in [5.41, 5.74) is 0. The van der Waals surface area contributed by atoms with Gasteiger partial charge in [0.15, 0.2) is 0 Å². The minimum atomic E-state index is 0.262. The average molecular weight is 306 g/mol. The second kappa shape index (κ2) is 11.3. The van der Waals surface area contributed by atoms with Gasteiger partial charge in [0.05, 0.1) is 6.54 Å². The fraction of sp³-hybridized carbons (Fsp3) is 0.778. The van der Waals surface area contributed by atoms with Gasteiger partial charge in [-0.1, -0.05) is 25.7 Å². The van der Waals surface area contributed by atoms with Crippen molar-refractivity contribution in [3.8, 4) is 11.8 Å². The van der Waals surface area contributed by atoms with E-state index in [4.69, 9.17) is 0 Å². The number of Topliss-reactive ketones (excluding diaryl/α,β-unsaturated/α-hetero) is 1. The predicted molar refractivity (Wildman–Crippen MR) is 89.5 cm³/mol. The van der Waals surface area contributed by atoms with Crippen molar-refractivity contribution < 1.29 is 9.59 Å². The number of piperazine rings is 1. The second-order valence-corrected chi connectivity index (χ2v) is 5.98. The number of hydrogen-bond acceptors (Lipinski definition) is 3. The van der Waals surface area contributed by atoms with Crippen molar-refractivity contribution in [2.24, 2.45) is 0 Å². The molecule has 124 valence electrons. The Morgan fingerprint density at radius 2 is 1.55 bits per heavy atom. The van der Waals surface area contributed by atoms with Crippen LogP contribution in [0.25, 0.3) is 0 Å². The lowest BCUT2D eigenvalue weighted by Crippen LogP contribution is -2.48. The van der Waals surface area contributed by atoms with Gasteiger partial charge in [-0.3, -0.25) is 9.69 Å². The monoisotopic (exact) mass is 306 g/mol. The summed E-state index contributed by atoms with van der Waals surface area (Å²) in [6.45, 7) is 8.05. The standard InChI is InChI=1S/C18H30N2O2/c1-3-4-9-12-19-13-15-20(16-14-19)18(22)11-8-6-5-7-10-17(2)21/h3,5-8,10-16H2,1-2H3. The predicted octanol–water partition coefficient (Wildman–Crippen LogP) is 2.47. The first-order valence-electron chi connectivity index (χ1n) is 8.58. The highest BCUT2D eigenvalue weighted by Gasteiger charge is 2.19. The highest BCUT2D eigenvalue weighted by Crippen LogP contribution is 2.09. The lowest BCUT2D eigenvalue weighted by molar-refractivity contribution is -0.133. The van der Waals surface area contributed by atoms with Crippen molar-refractivity contribution in [2.75, 3.05) is 32.7 Å². The van der Waals surface area contributed by atoms with Crippen LogP contribution in [-0.2, 0) is 9.59 Å². The molecule has 0 bridgehead atoms. The molecule has 22 heavy (non-hydrogen) atoms. The van der Waals surface area contributed by atoms with Gasteiger partial charge in [-0.2, -0.15) is 0 Å². The smallest absolute Gasteiger partial charge is 0.222 e. The van der Waals surface area contributed by atoms with Gasteiger partial charge in [-0.25, -0.2) is 0 Å². The van der Waals surface area contributed by atoms with E-state index in [0.29, 0.717) is 12.8 Å². The van der Waals surface area contributed by atoms with Crippen LogP contribution in [0.1, 0.15) is 58.8 Å². The third-order valence-corrected chi connectivity index (χ3v) is 4.00. The fourth-order valence-electron chi connectivity index (χ4n) is 2.61. The summed E-state index contributed by atoms with van der Waals surface area (Å²) in [5.74, 6) is 6.79. The molecule has 1 aliphatic heterocycles. The Labute approximate surface area is 135 Å². The summed E-state index contributed by atoms with van der Waals surface area (Å²) in [6, 6.07) is 0. The zero-order valence-electron chi connectivity index (χ0n) is 14.2. The average Bonchev–Trinajstić information content (AvgIpc) is 2.51. The lowest BCUT2D eigenvalue weighted by Gasteiger charge is -2.33. The third kappa shape index (κ3) is 8.19. The number of unbranched alkanes of at least 4 members (excludes halogenated alkanes) is 3. The first kappa shape index (κ1) is 18.7. The number of carbonyl (C=O) groups excluding carboxylic acids is 2. The Balaban J connectivity index is 2.08. The summed E-state index contributed by atoms with van der Waals surface area (Å²) in [4.78, 5) is 27.3. The maximum absolute atomic E-state index is 12.1. The Bertz CT molecular complexity index is 401. The molecule has 1 aliphatic rings. The van der Waals surface area contributed by atoms with Gasteiger partial charge in [-0.05, 0) is 19.8 Å². The molecule has 1 saturated heterocycles. The zero-order chi connectivity index (χ0) is 16.2. The first-order chi connectivity index (χ1) is 10.6. The van der Waals surface area contributed by atoms with Gasteiger partial charge in [0.1, 0.15) is 5.78 Å². The highest BCUT2D eigenvalue weighted by molar-refractivity contribution is 5.76. The van der Waals surface area contributed by atoms with Crippen LogP contribution in [0.4, 0.5) is 0 Å². The highest BCUT2D eigenvalue weighted by atomic mass is 16.2. The summed E-state index contributed by atoms with van der Waals surface area (Å²) < 4.78 is 0. The van der Waals surface area contributed by atoms with Gasteiger partial charge in [0, 0.05) is 45.4 Å². The van der Waals surface area contributed by atoms with Gasteiger partial charge in [-0.15, -0.1) is 5.92 Å². The van der Waals surface area contributed by atoms with Crippen molar-refractivity contribution in [1.82, 2.24) is 9.80 Å². The molecule has 0 aromatic heterocycles. The molecule has 0 radical (unpaired) electrons. The molecule has 1 rings (SSSR count). The third-order valence-electron chi connectivity index (χ3n) is 4.00. The van der Waals surface area contributed by atoms with E-state index < -0.39 is 0 Å². The largest absolute Gasteiger partial charge is 0.340 e. The van der Waals surface area contributed by atoms with Crippen LogP contribution in [-0.4, -0.2) is 54.2 Å². The van der Waals surface area contributed by atoms with E-state index in [9.17, 15) is 9.59 Å². The van der Waals surface area contributed by atoms with Gasteiger partial charge < -0.3 is 9.69 Å². The molecule has 0 atom stereocenters. The first-order valence-corrected chi connectivity index (χ1v) is 8.58. The molecule has 0 aliphatic carbocycles. The van der Waals surface area contributed by atoms with Crippen LogP contribution in [0, 0.1) is 11.8 Å². The second-order valence-electron chi connectivity index (χ2n) is 5.98. The van der Waals surface area contributed by atoms with E-state index in [2.05, 4.69) is 23.7 Å². The van der Waals surface area contributed by atoms with E-state index in [-0.39, 0.29) is 11.7 Å². The molecule has 1 fully saturated rings. The van der Waals surface area contributed by atoms with Crippen LogP contribution >= 0.6 is 0 Å². The molecule has 0 aromatic carbocycles. The van der Waals surface area contributed by atoms with Crippen LogP contribution in [0.2, 0.25) is 0 Å². The topological polar surface area (TPSA) is 40.6 Å². The normalized spacial score (nSPS) is 15.3. The number of amides is 1. The molecule has 1 heterocycles. The van der Waals surface area contributed by atoms with Crippen molar-refractivity contribution in [3.05, 3.63) is 0 Å². The molecule has 0 aromatic rings. The maximum atomic E-state index is 12.1. The van der Waals surface area contributed by atoms with Gasteiger partial charge in [0.2, 0.25) is 5.91 Å². The van der Waals surface area contributed by atoms with Crippen LogP contribution < -0.4 is 0 Å². The summed E-state index contributed by atoms with van der Waals surface area (Å²) >= 11 is 0. The van der Waals surface area contributed by atoms with Gasteiger partial charge >= 0.3 is 0 Å². The van der Waals surface area contributed by atoms with Crippen LogP contribution in [0.3, 0.4) is 0 Å². The Kier molecular flexibility index (Phi) is 9.57. The number of hydrogen-bond donors (Lipinski definition) is 0. The van der Waals surface area contributed by atoms with E-state index >= 15 is 0 Å². The van der Waals surface area contributed by atoms with E-state index in [1.165, 1.54) is 0 Å². The summed E-state index contributed by atoms with van der Waals surface area (Å²) in [5, 5.41) is 0. The van der Waals surface area contributed by atoms with Crippen LogP contribution in [0.15, 0.2) is 0 Å². The minimum Gasteiger partial charge on any atom is -0.340 e. The molecule has 0 spiro atoms. The van der Waals surface area contributed by atoms with Crippen molar-refractivity contribution in [2.45, 2.75) is 58.8 Å². The number of ketones is 1. The van der Waals surface area contributed by atoms with Crippen molar-refractivity contribution >= 4 is 11.7 Å². The van der Waals surface area contributed by atoms with E-state index in [1.807, 2.05) is 4.90 Å². The lowest BCUT2D eigenvalue weighted by atomic mass is 10.1. The molecule has 4 nitrogen and oxygen atoms in total.